The topological polar surface area (TPSA) is 106 Å². The molecule has 0 spiro atoms. The molecule has 1 heterocycles. The Morgan fingerprint density at radius 2 is 1.94 bits per heavy atom. The molecular formula is C27H21Cl2N3O3. The van der Waals surface area contributed by atoms with Crippen LogP contribution in [0.2, 0.25) is 10.0 Å². The lowest BCUT2D eigenvalue weighted by atomic mass is 9.86. The van der Waals surface area contributed by atoms with Gasteiger partial charge in [0.2, 0.25) is 5.78 Å². The van der Waals surface area contributed by atoms with Gasteiger partial charge >= 0.3 is 5.97 Å². The second-order valence-corrected chi connectivity index (χ2v) is 9.01. The minimum Gasteiger partial charge on any atom is -0.454 e. The van der Waals surface area contributed by atoms with Crippen molar-refractivity contribution >= 4 is 57.5 Å². The van der Waals surface area contributed by atoms with E-state index in [0.29, 0.717) is 32.9 Å². The number of esters is 1. The van der Waals surface area contributed by atoms with Crippen molar-refractivity contribution in [1.82, 2.24) is 4.98 Å². The summed E-state index contributed by atoms with van der Waals surface area (Å²) >= 11 is 12.2. The first-order valence-electron chi connectivity index (χ1n) is 10.9. The molecule has 0 aliphatic heterocycles. The van der Waals surface area contributed by atoms with Gasteiger partial charge in [-0.3, -0.25) is 4.79 Å². The molecule has 2 N–H and O–H groups in total. The fraction of sp³-hybridized carbons (Fsp3) is 0.185. The van der Waals surface area contributed by atoms with Crippen molar-refractivity contribution in [2.75, 3.05) is 6.61 Å². The molecule has 1 aromatic heterocycles. The molecule has 6 nitrogen and oxygen atoms in total. The summed E-state index contributed by atoms with van der Waals surface area (Å²) in [5.41, 5.74) is 9.80. The number of halogens is 2. The minimum atomic E-state index is -0.645. The molecule has 2 aromatic carbocycles. The summed E-state index contributed by atoms with van der Waals surface area (Å²) in [5, 5.41) is 10.7. The average Bonchev–Trinajstić information content (AvgIpc) is 2.84. The van der Waals surface area contributed by atoms with Gasteiger partial charge in [0.1, 0.15) is 11.6 Å². The number of fused-ring (bicyclic) bond motifs is 2. The zero-order valence-corrected chi connectivity index (χ0v) is 20.4. The van der Waals surface area contributed by atoms with E-state index in [1.807, 2.05) is 36.4 Å². The Bertz CT molecular complexity index is 1460. The molecule has 0 radical (unpaired) electrons. The van der Waals surface area contributed by atoms with Gasteiger partial charge in [0.15, 0.2) is 6.61 Å². The summed E-state index contributed by atoms with van der Waals surface area (Å²) in [5.74, 6) is -1.29. The lowest BCUT2D eigenvalue weighted by Gasteiger charge is -2.22. The van der Waals surface area contributed by atoms with E-state index >= 15 is 0 Å². The van der Waals surface area contributed by atoms with Gasteiger partial charge in [0.05, 0.1) is 26.8 Å². The highest BCUT2D eigenvalue weighted by Gasteiger charge is 2.27. The number of nitriles is 1. The van der Waals surface area contributed by atoms with E-state index in [-0.39, 0.29) is 11.3 Å². The molecule has 0 bridgehead atoms. The van der Waals surface area contributed by atoms with Gasteiger partial charge in [-0.2, -0.15) is 5.26 Å². The maximum atomic E-state index is 13.3. The fourth-order valence-corrected chi connectivity index (χ4v) is 4.46. The van der Waals surface area contributed by atoms with Crippen LogP contribution in [0.3, 0.4) is 0 Å². The Morgan fingerprint density at radius 1 is 1.17 bits per heavy atom. The van der Waals surface area contributed by atoms with Crippen LogP contribution in [-0.4, -0.2) is 23.3 Å². The van der Waals surface area contributed by atoms with Crippen LogP contribution in [0.5, 0.6) is 0 Å². The molecule has 0 atom stereocenters. The number of ketones is 1. The van der Waals surface area contributed by atoms with Crippen LogP contribution >= 0.6 is 23.2 Å². The number of allylic oxidation sites excluding steroid dienone is 2. The molecule has 0 unspecified atom stereocenters. The Balaban J connectivity index is 1.77. The fourth-order valence-electron chi connectivity index (χ4n) is 4.16. The lowest BCUT2D eigenvalue weighted by Crippen LogP contribution is -2.20. The van der Waals surface area contributed by atoms with E-state index < -0.39 is 18.4 Å². The number of carbonyl (C=O) groups is 2. The number of pyridine rings is 1. The van der Waals surface area contributed by atoms with Crippen LogP contribution < -0.4 is 5.73 Å². The molecule has 35 heavy (non-hydrogen) atoms. The number of Topliss-reactive ketones (excluding diaryl/α,β-unsaturated/α-hetero) is 1. The zero-order valence-electron chi connectivity index (χ0n) is 18.9. The van der Waals surface area contributed by atoms with Gasteiger partial charge in [-0.05, 0) is 67.2 Å². The standard InChI is InChI=1S/C27H21Cl2N3O3/c1-15(31)20(13-30)24(33)14-35-27(34)25-18-6-2-3-8-23(18)32-26-17(5-4-7-19(25)26)11-16-9-10-21(28)22(29)12-16/h2-3,6,8-12H,4-5,7,14,31H2,1H3. The number of hydrogen-bond donors (Lipinski definition) is 1. The minimum absolute atomic E-state index is 0.0809. The number of para-hydroxylation sites is 1. The highest BCUT2D eigenvalue weighted by atomic mass is 35.5. The van der Waals surface area contributed by atoms with Gasteiger partial charge in [0.25, 0.3) is 0 Å². The molecule has 4 rings (SSSR count). The second kappa shape index (κ2) is 10.3. The Kier molecular flexibility index (Phi) is 7.20. The molecule has 0 saturated carbocycles. The quantitative estimate of drug-likeness (QED) is 0.262. The van der Waals surface area contributed by atoms with Crippen LogP contribution in [0.1, 0.15) is 46.9 Å². The predicted octanol–water partition coefficient (Wildman–Crippen LogP) is 5.90. The summed E-state index contributed by atoms with van der Waals surface area (Å²) in [6.45, 7) is 0.875. The monoisotopic (exact) mass is 505 g/mol. The van der Waals surface area contributed by atoms with Crippen molar-refractivity contribution in [3.63, 3.8) is 0 Å². The SMILES string of the molecule is CC(N)=C(C#N)C(=O)COC(=O)c1c2c(nc3ccccc13)C(=Cc1ccc(Cl)c(Cl)c1)CCC2. The normalized spacial score (nSPS) is 14.7. The van der Waals surface area contributed by atoms with Gasteiger partial charge in [-0.15, -0.1) is 0 Å². The van der Waals surface area contributed by atoms with Crippen molar-refractivity contribution in [3.05, 3.63) is 86.2 Å². The molecule has 8 heteroatoms. The van der Waals surface area contributed by atoms with Crippen LogP contribution in [0.4, 0.5) is 0 Å². The van der Waals surface area contributed by atoms with E-state index in [1.54, 1.807) is 18.2 Å². The molecule has 0 amide bonds. The van der Waals surface area contributed by atoms with Crippen molar-refractivity contribution in [1.29, 1.82) is 5.26 Å². The first-order chi connectivity index (χ1) is 16.8. The Labute approximate surface area is 212 Å². The first kappa shape index (κ1) is 24.5. The van der Waals surface area contributed by atoms with Crippen molar-refractivity contribution in [2.24, 2.45) is 5.73 Å². The van der Waals surface area contributed by atoms with Crippen LogP contribution in [-0.2, 0) is 16.0 Å². The molecule has 3 aromatic rings. The predicted molar refractivity (Wildman–Crippen MR) is 137 cm³/mol. The highest BCUT2D eigenvalue weighted by Crippen LogP contribution is 2.37. The lowest BCUT2D eigenvalue weighted by molar-refractivity contribution is -0.118. The number of hydrogen-bond acceptors (Lipinski definition) is 6. The van der Waals surface area contributed by atoms with Crippen molar-refractivity contribution in [2.45, 2.75) is 26.2 Å². The number of rotatable bonds is 5. The van der Waals surface area contributed by atoms with Crippen LogP contribution in [0.15, 0.2) is 53.7 Å². The number of carbonyl (C=O) groups excluding carboxylic acids is 2. The summed E-state index contributed by atoms with van der Waals surface area (Å²) in [4.78, 5) is 30.5. The maximum Gasteiger partial charge on any atom is 0.339 e. The molecule has 0 saturated heterocycles. The van der Waals surface area contributed by atoms with Crippen molar-refractivity contribution in [3.8, 4) is 6.07 Å². The number of nitrogens with zero attached hydrogens (tertiary/aromatic N) is 2. The Morgan fingerprint density at radius 3 is 2.66 bits per heavy atom. The maximum absolute atomic E-state index is 13.3. The first-order valence-corrected chi connectivity index (χ1v) is 11.7. The average molecular weight is 506 g/mol. The number of nitrogens with two attached hydrogens (primary N) is 1. The van der Waals surface area contributed by atoms with E-state index in [0.717, 1.165) is 35.2 Å². The molecular weight excluding hydrogens is 485 g/mol. The molecule has 1 aliphatic rings. The van der Waals surface area contributed by atoms with Gasteiger partial charge in [-0.25, -0.2) is 9.78 Å². The third-order valence-electron chi connectivity index (χ3n) is 5.78. The summed E-state index contributed by atoms with van der Waals surface area (Å²) in [7, 11) is 0. The summed E-state index contributed by atoms with van der Waals surface area (Å²) in [6, 6.07) is 14.5. The van der Waals surface area contributed by atoms with Crippen LogP contribution in [0.25, 0.3) is 22.6 Å². The van der Waals surface area contributed by atoms with Gasteiger partial charge in [0, 0.05) is 11.1 Å². The third-order valence-corrected chi connectivity index (χ3v) is 6.52. The van der Waals surface area contributed by atoms with Crippen molar-refractivity contribution < 1.29 is 14.3 Å². The number of benzene rings is 2. The van der Waals surface area contributed by atoms with E-state index in [9.17, 15) is 9.59 Å². The molecule has 176 valence electrons. The number of aromatic nitrogens is 1. The van der Waals surface area contributed by atoms with E-state index in [2.05, 4.69) is 0 Å². The van der Waals surface area contributed by atoms with Gasteiger partial charge < -0.3 is 10.5 Å². The summed E-state index contributed by atoms with van der Waals surface area (Å²) in [6.07, 6.45) is 4.22. The van der Waals surface area contributed by atoms with E-state index in [4.69, 9.17) is 43.9 Å². The third kappa shape index (κ3) is 5.07. The Hall–Kier alpha value is -3.66. The highest BCUT2D eigenvalue weighted by molar-refractivity contribution is 6.42. The summed E-state index contributed by atoms with van der Waals surface area (Å²) < 4.78 is 5.37. The molecule has 0 fully saturated rings. The van der Waals surface area contributed by atoms with Gasteiger partial charge in [-0.1, -0.05) is 47.5 Å². The smallest absolute Gasteiger partial charge is 0.339 e. The van der Waals surface area contributed by atoms with Crippen LogP contribution in [0, 0.1) is 11.3 Å². The zero-order chi connectivity index (χ0) is 25.1. The second-order valence-electron chi connectivity index (χ2n) is 8.20. The largest absolute Gasteiger partial charge is 0.454 e. The number of ether oxygens (including phenoxy) is 1. The van der Waals surface area contributed by atoms with E-state index in [1.165, 1.54) is 6.92 Å². The molecule has 1 aliphatic carbocycles.